The van der Waals surface area contributed by atoms with Crippen LogP contribution < -0.4 is 10.6 Å². The maximum atomic E-state index is 12.0. The second-order valence-corrected chi connectivity index (χ2v) is 6.38. The Labute approximate surface area is 152 Å². The average Bonchev–Trinajstić information content (AvgIpc) is 3.10. The van der Waals surface area contributed by atoms with Crippen molar-refractivity contribution < 1.29 is 4.79 Å². The number of hydrogen-bond acceptors (Lipinski definition) is 1. The van der Waals surface area contributed by atoms with E-state index in [2.05, 4.69) is 58.1 Å². The topological polar surface area (TPSA) is 56.9 Å². The van der Waals surface area contributed by atoms with Crippen molar-refractivity contribution in [3.8, 4) is 0 Å². The third-order valence-electron chi connectivity index (χ3n) is 4.58. The number of urea groups is 1. The zero-order valence-electron chi connectivity index (χ0n) is 14.5. The molecule has 4 aromatic rings. The fraction of sp³-hybridized carbons (Fsp3) is 0.136. The Balaban J connectivity index is 1.30. The first-order valence-corrected chi connectivity index (χ1v) is 8.84. The summed E-state index contributed by atoms with van der Waals surface area (Å²) in [5.74, 6) is 0. The van der Waals surface area contributed by atoms with Gasteiger partial charge in [-0.1, -0.05) is 60.7 Å². The van der Waals surface area contributed by atoms with E-state index < -0.39 is 0 Å². The van der Waals surface area contributed by atoms with Crippen molar-refractivity contribution in [2.24, 2.45) is 0 Å². The molecule has 2 amide bonds. The molecule has 0 unspecified atom stereocenters. The monoisotopic (exact) mass is 343 g/mol. The Morgan fingerprint density at radius 2 is 1.62 bits per heavy atom. The van der Waals surface area contributed by atoms with E-state index in [-0.39, 0.29) is 6.03 Å². The number of carbonyl (C=O) groups excluding carboxylic acids is 1. The fourth-order valence-corrected chi connectivity index (χ4v) is 3.29. The third kappa shape index (κ3) is 3.54. The van der Waals surface area contributed by atoms with Crippen LogP contribution in [0.3, 0.4) is 0 Å². The molecular weight excluding hydrogens is 322 g/mol. The quantitative estimate of drug-likeness (QED) is 0.495. The zero-order valence-corrected chi connectivity index (χ0v) is 14.5. The molecule has 0 aliphatic carbocycles. The van der Waals surface area contributed by atoms with Crippen molar-refractivity contribution in [2.75, 3.05) is 6.54 Å². The second-order valence-electron chi connectivity index (χ2n) is 6.38. The highest BCUT2D eigenvalue weighted by Gasteiger charge is 2.04. The maximum absolute atomic E-state index is 12.0. The van der Waals surface area contributed by atoms with Gasteiger partial charge in [0.25, 0.3) is 0 Å². The van der Waals surface area contributed by atoms with Gasteiger partial charge >= 0.3 is 6.03 Å². The Morgan fingerprint density at radius 1 is 0.846 bits per heavy atom. The van der Waals surface area contributed by atoms with Gasteiger partial charge in [-0.3, -0.25) is 0 Å². The van der Waals surface area contributed by atoms with Crippen LogP contribution in [0.15, 0.2) is 72.8 Å². The van der Waals surface area contributed by atoms with Gasteiger partial charge in [-0.25, -0.2) is 4.79 Å². The van der Waals surface area contributed by atoms with Crippen molar-refractivity contribution >= 4 is 27.7 Å². The Kier molecular flexibility index (Phi) is 4.56. The Morgan fingerprint density at radius 3 is 2.50 bits per heavy atom. The average molecular weight is 343 g/mol. The number of aromatic amines is 1. The minimum atomic E-state index is -0.149. The van der Waals surface area contributed by atoms with Crippen molar-refractivity contribution in [3.05, 3.63) is 84.1 Å². The third-order valence-corrected chi connectivity index (χ3v) is 4.58. The molecule has 1 heterocycles. The molecule has 4 nitrogen and oxygen atoms in total. The number of amides is 2. The molecular formula is C22H21N3O. The van der Waals surface area contributed by atoms with Crippen LogP contribution in [0.2, 0.25) is 0 Å². The number of nitrogens with one attached hydrogen (secondary N) is 3. The zero-order chi connectivity index (χ0) is 17.8. The molecule has 1 aromatic heterocycles. The number of hydrogen-bond donors (Lipinski definition) is 3. The van der Waals surface area contributed by atoms with E-state index in [9.17, 15) is 4.79 Å². The van der Waals surface area contributed by atoms with Crippen LogP contribution in [0.25, 0.3) is 21.7 Å². The van der Waals surface area contributed by atoms with Gasteiger partial charge in [0.1, 0.15) is 0 Å². The lowest BCUT2D eigenvalue weighted by molar-refractivity contribution is 0.240. The number of para-hydroxylation sites is 1. The summed E-state index contributed by atoms with van der Waals surface area (Å²) in [6.45, 7) is 1.08. The molecule has 0 saturated carbocycles. The molecule has 26 heavy (non-hydrogen) atoms. The first kappa shape index (κ1) is 16.2. The van der Waals surface area contributed by atoms with E-state index in [1.165, 1.54) is 16.3 Å². The first-order chi connectivity index (χ1) is 12.8. The number of benzene rings is 3. The number of fused-ring (bicyclic) bond motifs is 2. The molecule has 4 rings (SSSR count). The summed E-state index contributed by atoms with van der Waals surface area (Å²) < 4.78 is 0. The highest BCUT2D eigenvalue weighted by atomic mass is 16.2. The Bertz CT molecular complexity index is 1010. The predicted octanol–water partition coefficient (Wildman–Crippen LogP) is 4.36. The summed E-state index contributed by atoms with van der Waals surface area (Å²) in [6, 6.07) is 24.6. The number of H-pyrrole nitrogens is 1. The molecule has 0 atom stereocenters. The lowest BCUT2D eigenvalue weighted by Gasteiger charge is -2.09. The van der Waals surface area contributed by atoms with Crippen LogP contribution in [0.4, 0.5) is 4.79 Å². The van der Waals surface area contributed by atoms with Crippen LogP contribution in [-0.2, 0) is 13.0 Å². The summed E-state index contributed by atoms with van der Waals surface area (Å²) in [4.78, 5) is 15.4. The lowest BCUT2D eigenvalue weighted by Crippen LogP contribution is -2.36. The van der Waals surface area contributed by atoms with Crippen LogP contribution >= 0.6 is 0 Å². The first-order valence-electron chi connectivity index (χ1n) is 8.84. The predicted molar refractivity (Wildman–Crippen MR) is 106 cm³/mol. The molecule has 0 saturated heterocycles. The fourth-order valence-electron chi connectivity index (χ4n) is 3.29. The second kappa shape index (κ2) is 7.31. The van der Waals surface area contributed by atoms with E-state index in [1.807, 2.05) is 30.3 Å². The summed E-state index contributed by atoms with van der Waals surface area (Å²) in [7, 11) is 0. The molecule has 0 bridgehead atoms. The molecule has 0 aliphatic rings. The van der Waals surface area contributed by atoms with Crippen molar-refractivity contribution in [3.63, 3.8) is 0 Å². The molecule has 3 N–H and O–H groups in total. The van der Waals surface area contributed by atoms with Gasteiger partial charge < -0.3 is 15.6 Å². The van der Waals surface area contributed by atoms with Gasteiger partial charge in [0.15, 0.2) is 0 Å². The maximum Gasteiger partial charge on any atom is 0.315 e. The molecule has 0 aliphatic heterocycles. The highest BCUT2D eigenvalue weighted by molar-refractivity contribution is 5.85. The van der Waals surface area contributed by atoms with Crippen LogP contribution in [0.1, 0.15) is 11.3 Å². The largest absolute Gasteiger partial charge is 0.357 e. The van der Waals surface area contributed by atoms with Gasteiger partial charge in [0.05, 0.1) is 6.54 Å². The minimum absolute atomic E-state index is 0.149. The van der Waals surface area contributed by atoms with Crippen molar-refractivity contribution in [1.82, 2.24) is 15.6 Å². The number of aromatic nitrogens is 1. The summed E-state index contributed by atoms with van der Waals surface area (Å²) in [6.07, 6.45) is 0.807. The van der Waals surface area contributed by atoms with Gasteiger partial charge in [0.2, 0.25) is 0 Å². The highest BCUT2D eigenvalue weighted by Crippen LogP contribution is 2.18. The number of rotatable bonds is 5. The van der Waals surface area contributed by atoms with Gasteiger partial charge in [0, 0.05) is 17.8 Å². The van der Waals surface area contributed by atoms with Gasteiger partial charge in [-0.15, -0.1) is 0 Å². The Hall–Kier alpha value is -3.27. The van der Waals surface area contributed by atoms with Gasteiger partial charge in [-0.05, 0) is 40.3 Å². The van der Waals surface area contributed by atoms with E-state index in [1.54, 1.807) is 0 Å². The van der Waals surface area contributed by atoms with E-state index in [0.29, 0.717) is 13.1 Å². The minimum Gasteiger partial charge on any atom is -0.357 e. The van der Waals surface area contributed by atoms with Crippen LogP contribution in [0, 0.1) is 0 Å². The van der Waals surface area contributed by atoms with Crippen LogP contribution in [-0.4, -0.2) is 17.6 Å². The molecule has 130 valence electrons. The molecule has 3 aromatic carbocycles. The SMILES string of the molecule is O=C(NCCc1cccc2ccccc12)NCc1cc2ccccc2[nH]1. The van der Waals surface area contributed by atoms with E-state index in [0.717, 1.165) is 23.0 Å². The molecule has 4 heteroatoms. The molecule has 0 spiro atoms. The van der Waals surface area contributed by atoms with Gasteiger partial charge in [-0.2, -0.15) is 0 Å². The lowest BCUT2D eigenvalue weighted by atomic mass is 10.0. The van der Waals surface area contributed by atoms with E-state index in [4.69, 9.17) is 0 Å². The molecule has 0 radical (unpaired) electrons. The van der Waals surface area contributed by atoms with Crippen molar-refractivity contribution in [2.45, 2.75) is 13.0 Å². The van der Waals surface area contributed by atoms with E-state index >= 15 is 0 Å². The normalized spacial score (nSPS) is 10.9. The summed E-state index contributed by atoms with van der Waals surface area (Å²) in [5, 5.41) is 9.47. The number of carbonyl (C=O) groups is 1. The smallest absolute Gasteiger partial charge is 0.315 e. The van der Waals surface area contributed by atoms with Crippen molar-refractivity contribution in [1.29, 1.82) is 0 Å². The van der Waals surface area contributed by atoms with Crippen LogP contribution in [0.5, 0.6) is 0 Å². The summed E-state index contributed by atoms with van der Waals surface area (Å²) >= 11 is 0. The standard InChI is InChI=1S/C22H21N3O/c26-22(24-15-19-14-18-7-2-4-11-21(18)25-19)23-13-12-17-9-5-8-16-6-1-3-10-20(16)17/h1-11,14,25H,12-13,15H2,(H2,23,24,26). The molecule has 0 fully saturated rings. The summed E-state index contributed by atoms with van der Waals surface area (Å²) in [5.41, 5.74) is 3.33.